The van der Waals surface area contributed by atoms with Crippen molar-refractivity contribution in [2.75, 3.05) is 0 Å². The molecular formula is C14H16Cl2O. The van der Waals surface area contributed by atoms with E-state index in [-0.39, 0.29) is 11.5 Å². The summed E-state index contributed by atoms with van der Waals surface area (Å²) < 4.78 is 6.07. The quantitative estimate of drug-likeness (QED) is 0.711. The molecule has 2 aliphatic carbocycles. The smallest absolute Gasteiger partial charge is 0.121 e. The lowest BCUT2D eigenvalue weighted by molar-refractivity contribution is -0.0355. The fraction of sp³-hybridized carbons (Fsp3) is 0.571. The molecule has 0 heterocycles. The van der Waals surface area contributed by atoms with Crippen LogP contribution in [0.3, 0.4) is 0 Å². The van der Waals surface area contributed by atoms with Gasteiger partial charge in [-0.2, -0.15) is 0 Å². The van der Waals surface area contributed by atoms with Crippen LogP contribution in [-0.4, -0.2) is 11.5 Å². The standard InChI is InChI=1S/C14H16Cl2O/c15-10-4-3-5-11(8-10)17-13-9-12(16)14(13)6-1-2-7-14/h3-5,8,12-13H,1-2,6-7,9H2. The van der Waals surface area contributed by atoms with Gasteiger partial charge in [-0.1, -0.05) is 30.5 Å². The van der Waals surface area contributed by atoms with Crippen molar-refractivity contribution in [2.24, 2.45) is 5.41 Å². The fourth-order valence-corrected chi connectivity index (χ4v) is 3.94. The molecule has 0 saturated heterocycles. The predicted molar refractivity (Wildman–Crippen MR) is 71.0 cm³/mol. The summed E-state index contributed by atoms with van der Waals surface area (Å²) in [6.07, 6.45) is 6.26. The van der Waals surface area contributed by atoms with E-state index in [0.717, 1.165) is 17.2 Å². The first-order valence-corrected chi connectivity index (χ1v) is 7.08. The fourth-order valence-electron chi connectivity index (χ4n) is 3.24. The average Bonchev–Trinajstić information content (AvgIpc) is 2.80. The average molecular weight is 271 g/mol. The normalized spacial score (nSPS) is 30.2. The van der Waals surface area contributed by atoms with Crippen molar-refractivity contribution in [3.63, 3.8) is 0 Å². The number of alkyl halides is 1. The molecule has 0 aromatic heterocycles. The molecule has 17 heavy (non-hydrogen) atoms. The Balaban J connectivity index is 1.74. The number of ether oxygens (including phenoxy) is 1. The zero-order valence-corrected chi connectivity index (χ0v) is 11.2. The van der Waals surface area contributed by atoms with Gasteiger partial charge in [0, 0.05) is 22.2 Å². The lowest BCUT2D eigenvalue weighted by atomic mass is 9.64. The molecule has 0 bridgehead atoms. The van der Waals surface area contributed by atoms with Crippen LogP contribution >= 0.6 is 23.2 Å². The Morgan fingerprint density at radius 1 is 1.24 bits per heavy atom. The van der Waals surface area contributed by atoms with Gasteiger partial charge in [0.15, 0.2) is 0 Å². The first-order chi connectivity index (χ1) is 8.21. The third-order valence-electron chi connectivity index (χ3n) is 4.29. The van der Waals surface area contributed by atoms with Crippen LogP contribution in [0.15, 0.2) is 24.3 Å². The van der Waals surface area contributed by atoms with Gasteiger partial charge in [0.2, 0.25) is 0 Å². The van der Waals surface area contributed by atoms with E-state index < -0.39 is 0 Å². The highest BCUT2D eigenvalue weighted by Crippen LogP contribution is 2.57. The van der Waals surface area contributed by atoms with Gasteiger partial charge >= 0.3 is 0 Å². The van der Waals surface area contributed by atoms with Crippen molar-refractivity contribution in [2.45, 2.75) is 43.6 Å². The molecule has 1 spiro atoms. The van der Waals surface area contributed by atoms with Gasteiger partial charge in [0.1, 0.15) is 11.9 Å². The Bertz CT molecular complexity index is 412. The van der Waals surface area contributed by atoms with E-state index in [1.54, 1.807) is 0 Å². The van der Waals surface area contributed by atoms with Gasteiger partial charge in [-0.25, -0.2) is 0 Å². The van der Waals surface area contributed by atoms with E-state index in [9.17, 15) is 0 Å². The second kappa shape index (κ2) is 4.37. The Labute approximate surface area is 112 Å². The van der Waals surface area contributed by atoms with E-state index in [2.05, 4.69) is 0 Å². The first-order valence-electron chi connectivity index (χ1n) is 6.27. The summed E-state index contributed by atoms with van der Waals surface area (Å²) in [6.45, 7) is 0. The molecule has 1 aromatic rings. The molecule has 2 unspecified atom stereocenters. The van der Waals surface area contributed by atoms with Gasteiger partial charge in [-0.15, -0.1) is 11.6 Å². The van der Waals surface area contributed by atoms with Crippen molar-refractivity contribution >= 4 is 23.2 Å². The third kappa shape index (κ3) is 1.94. The summed E-state index contributed by atoms with van der Waals surface area (Å²) in [5.41, 5.74) is 0.240. The van der Waals surface area contributed by atoms with E-state index in [1.807, 2.05) is 24.3 Å². The van der Waals surface area contributed by atoms with Crippen molar-refractivity contribution in [1.29, 1.82) is 0 Å². The minimum atomic E-state index is 0.240. The SMILES string of the molecule is Clc1cccc(OC2CC(Cl)C23CCCC3)c1. The number of benzene rings is 1. The molecule has 2 saturated carbocycles. The number of hydrogen-bond donors (Lipinski definition) is 0. The van der Waals surface area contributed by atoms with Crippen LogP contribution in [-0.2, 0) is 0 Å². The van der Waals surface area contributed by atoms with E-state index in [1.165, 1.54) is 25.7 Å². The minimum absolute atomic E-state index is 0.240. The molecule has 3 rings (SSSR count). The summed E-state index contributed by atoms with van der Waals surface area (Å²) in [7, 11) is 0. The lowest BCUT2D eigenvalue weighted by Crippen LogP contribution is -2.55. The number of hydrogen-bond acceptors (Lipinski definition) is 1. The maximum absolute atomic E-state index is 6.40. The van der Waals surface area contributed by atoms with Crippen LogP contribution < -0.4 is 4.74 Å². The minimum Gasteiger partial charge on any atom is -0.490 e. The molecule has 92 valence electrons. The molecule has 2 atom stereocenters. The van der Waals surface area contributed by atoms with E-state index in [0.29, 0.717) is 5.38 Å². The maximum Gasteiger partial charge on any atom is 0.121 e. The summed E-state index contributed by atoms with van der Waals surface area (Å²) in [4.78, 5) is 0. The number of halogens is 2. The Kier molecular flexibility index (Phi) is 3.00. The van der Waals surface area contributed by atoms with Crippen molar-refractivity contribution < 1.29 is 4.74 Å². The summed E-state index contributed by atoms with van der Waals surface area (Å²) >= 11 is 12.4. The highest BCUT2D eigenvalue weighted by molar-refractivity contribution is 6.30. The van der Waals surface area contributed by atoms with Crippen LogP contribution in [0.5, 0.6) is 5.75 Å². The van der Waals surface area contributed by atoms with Gasteiger partial charge in [-0.3, -0.25) is 0 Å². The molecule has 3 heteroatoms. The molecule has 2 fully saturated rings. The Hall–Kier alpha value is -0.400. The van der Waals surface area contributed by atoms with Gasteiger partial charge in [0.25, 0.3) is 0 Å². The van der Waals surface area contributed by atoms with Crippen LogP contribution in [0.25, 0.3) is 0 Å². The van der Waals surface area contributed by atoms with Gasteiger partial charge in [0.05, 0.1) is 0 Å². The molecule has 1 nitrogen and oxygen atoms in total. The summed E-state index contributed by atoms with van der Waals surface area (Å²) in [5.74, 6) is 0.873. The summed E-state index contributed by atoms with van der Waals surface area (Å²) in [5, 5.41) is 1.03. The zero-order valence-electron chi connectivity index (χ0n) is 9.66. The summed E-state index contributed by atoms with van der Waals surface area (Å²) in [6, 6.07) is 7.64. The van der Waals surface area contributed by atoms with Crippen LogP contribution in [0.4, 0.5) is 0 Å². The van der Waals surface area contributed by atoms with Crippen LogP contribution in [0.1, 0.15) is 32.1 Å². The molecule has 1 aromatic carbocycles. The topological polar surface area (TPSA) is 9.23 Å². The second-order valence-corrected chi connectivity index (χ2v) is 6.17. The Morgan fingerprint density at radius 2 is 2.00 bits per heavy atom. The van der Waals surface area contributed by atoms with E-state index >= 15 is 0 Å². The van der Waals surface area contributed by atoms with Crippen molar-refractivity contribution in [3.05, 3.63) is 29.3 Å². The molecule has 0 radical (unpaired) electrons. The van der Waals surface area contributed by atoms with Crippen LogP contribution in [0.2, 0.25) is 5.02 Å². The molecule has 2 aliphatic rings. The van der Waals surface area contributed by atoms with Gasteiger partial charge < -0.3 is 4.74 Å². The molecular weight excluding hydrogens is 255 g/mol. The monoisotopic (exact) mass is 270 g/mol. The largest absolute Gasteiger partial charge is 0.490 e. The molecule has 0 N–H and O–H groups in total. The lowest BCUT2D eigenvalue weighted by Gasteiger charge is -2.50. The molecule has 0 amide bonds. The van der Waals surface area contributed by atoms with Gasteiger partial charge in [-0.05, 0) is 31.0 Å². The first kappa shape index (κ1) is 11.7. The maximum atomic E-state index is 6.40. The Morgan fingerprint density at radius 3 is 2.65 bits per heavy atom. The molecule has 0 aliphatic heterocycles. The second-order valence-electron chi connectivity index (χ2n) is 5.21. The number of rotatable bonds is 2. The predicted octanol–water partition coefficient (Wildman–Crippen LogP) is 4.66. The van der Waals surface area contributed by atoms with E-state index in [4.69, 9.17) is 27.9 Å². The van der Waals surface area contributed by atoms with Crippen LogP contribution in [0, 0.1) is 5.41 Å². The zero-order chi connectivity index (χ0) is 11.9. The highest BCUT2D eigenvalue weighted by atomic mass is 35.5. The van der Waals surface area contributed by atoms with Crippen molar-refractivity contribution in [3.8, 4) is 5.75 Å². The van der Waals surface area contributed by atoms with Crippen molar-refractivity contribution in [1.82, 2.24) is 0 Å². The third-order valence-corrected chi connectivity index (χ3v) is 5.14. The highest BCUT2D eigenvalue weighted by Gasteiger charge is 2.56.